The van der Waals surface area contributed by atoms with Crippen LogP contribution in [0.15, 0.2) is 17.0 Å². The van der Waals surface area contributed by atoms with E-state index in [1.54, 1.807) is 13.1 Å². The summed E-state index contributed by atoms with van der Waals surface area (Å²) in [5.41, 5.74) is 6.22. The van der Waals surface area contributed by atoms with E-state index in [0.29, 0.717) is 10.6 Å². The van der Waals surface area contributed by atoms with Gasteiger partial charge in [-0.25, -0.2) is 8.42 Å². The zero-order valence-electron chi connectivity index (χ0n) is 12.9. The minimum atomic E-state index is -3.69. The van der Waals surface area contributed by atoms with Gasteiger partial charge in [0.25, 0.3) is 0 Å². The zero-order chi connectivity index (χ0) is 16.2. The van der Waals surface area contributed by atoms with E-state index in [1.165, 1.54) is 17.5 Å². The van der Waals surface area contributed by atoms with Crippen molar-refractivity contribution in [2.45, 2.75) is 44.2 Å². The fourth-order valence-corrected chi connectivity index (χ4v) is 4.38. The Morgan fingerprint density at radius 3 is 2.33 bits per heavy atom. The second kappa shape index (κ2) is 7.45. The Hall–Kier alpha value is -0.820. The van der Waals surface area contributed by atoms with Gasteiger partial charge in [-0.05, 0) is 25.0 Å². The molecule has 0 radical (unpaired) electrons. The predicted octanol–water partition coefficient (Wildman–Crippen LogP) is 2.62. The van der Waals surface area contributed by atoms with Crippen molar-refractivity contribution in [1.29, 1.82) is 0 Å². The number of hydrogen-bond donors (Lipinski definition) is 1. The molecule has 0 bridgehead atoms. The van der Waals surface area contributed by atoms with E-state index in [2.05, 4.69) is 0 Å². The Morgan fingerprint density at radius 1 is 1.33 bits per heavy atom. The molecule has 0 unspecified atom stereocenters. The first-order valence-electron chi connectivity index (χ1n) is 6.87. The van der Waals surface area contributed by atoms with Crippen molar-refractivity contribution >= 4 is 21.6 Å². The maximum absolute atomic E-state index is 12.8. The summed E-state index contributed by atoms with van der Waals surface area (Å²) in [5.74, 6) is 0.264. The second-order valence-electron chi connectivity index (χ2n) is 4.79. The molecule has 1 aromatic carbocycles. The largest absolute Gasteiger partial charge is 0.495 e. The highest BCUT2D eigenvalue weighted by molar-refractivity contribution is 7.89. The quantitative estimate of drug-likeness (QED) is 0.832. The molecule has 0 saturated carbocycles. The Kier molecular flexibility index (Phi) is 6.46. The summed E-state index contributed by atoms with van der Waals surface area (Å²) in [5, 5.41) is 0.327. The van der Waals surface area contributed by atoms with Crippen molar-refractivity contribution < 1.29 is 13.2 Å². The van der Waals surface area contributed by atoms with Crippen LogP contribution in [0.3, 0.4) is 0 Å². The average Bonchev–Trinajstić information content (AvgIpc) is 2.47. The lowest BCUT2D eigenvalue weighted by molar-refractivity contribution is 0.345. The molecule has 0 aromatic heterocycles. The van der Waals surface area contributed by atoms with Gasteiger partial charge in [0, 0.05) is 30.2 Å². The monoisotopic (exact) mass is 334 g/mol. The number of nitrogens with two attached hydrogens (primary N) is 1. The highest BCUT2D eigenvalue weighted by Crippen LogP contribution is 2.34. The molecule has 2 N–H and O–H groups in total. The number of ether oxygens (including phenoxy) is 1. The van der Waals surface area contributed by atoms with Gasteiger partial charge >= 0.3 is 0 Å². The van der Waals surface area contributed by atoms with Crippen molar-refractivity contribution in [2.24, 2.45) is 5.73 Å². The summed E-state index contributed by atoms with van der Waals surface area (Å²) in [6.45, 7) is 4.07. The van der Waals surface area contributed by atoms with Crippen LogP contribution in [0.4, 0.5) is 0 Å². The van der Waals surface area contributed by atoms with Gasteiger partial charge in [0.15, 0.2) is 0 Å². The van der Waals surface area contributed by atoms with Gasteiger partial charge in [0.1, 0.15) is 10.6 Å². The van der Waals surface area contributed by atoms with E-state index in [-0.39, 0.29) is 23.2 Å². The maximum atomic E-state index is 12.8. The van der Waals surface area contributed by atoms with Gasteiger partial charge in [0.05, 0.1) is 7.11 Å². The number of nitrogens with zero attached hydrogens (tertiary/aromatic N) is 1. The third-order valence-electron chi connectivity index (χ3n) is 3.63. The minimum absolute atomic E-state index is 0.0624. The third-order valence-corrected chi connectivity index (χ3v) is 5.77. The summed E-state index contributed by atoms with van der Waals surface area (Å²) in [4.78, 5) is 0.0624. The first-order valence-corrected chi connectivity index (χ1v) is 8.69. The van der Waals surface area contributed by atoms with Gasteiger partial charge in [-0.3, -0.25) is 0 Å². The lowest BCUT2D eigenvalue weighted by Crippen LogP contribution is -2.36. The van der Waals surface area contributed by atoms with Crippen LogP contribution in [0, 0.1) is 0 Å². The number of rotatable bonds is 7. The average molecular weight is 335 g/mol. The van der Waals surface area contributed by atoms with Gasteiger partial charge in [-0.15, -0.1) is 0 Å². The summed E-state index contributed by atoms with van der Waals surface area (Å²) in [7, 11) is -0.684. The Labute approximate surface area is 132 Å². The van der Waals surface area contributed by atoms with Gasteiger partial charge < -0.3 is 10.5 Å². The molecule has 0 atom stereocenters. The van der Waals surface area contributed by atoms with Crippen molar-refractivity contribution in [3.63, 3.8) is 0 Å². The highest BCUT2D eigenvalue weighted by Gasteiger charge is 2.30. The van der Waals surface area contributed by atoms with E-state index >= 15 is 0 Å². The molecule has 7 heteroatoms. The van der Waals surface area contributed by atoms with Gasteiger partial charge in [0.2, 0.25) is 10.0 Å². The molecule has 21 heavy (non-hydrogen) atoms. The molecule has 0 fully saturated rings. The number of sulfonamides is 1. The normalized spacial score (nSPS) is 12.2. The van der Waals surface area contributed by atoms with Gasteiger partial charge in [-0.1, -0.05) is 25.4 Å². The van der Waals surface area contributed by atoms with E-state index < -0.39 is 10.0 Å². The van der Waals surface area contributed by atoms with Crippen LogP contribution in [0.5, 0.6) is 5.75 Å². The highest BCUT2D eigenvalue weighted by atomic mass is 35.5. The number of hydrogen-bond acceptors (Lipinski definition) is 4. The van der Waals surface area contributed by atoms with E-state index in [9.17, 15) is 8.42 Å². The number of halogens is 1. The van der Waals surface area contributed by atoms with Crippen molar-refractivity contribution in [3.8, 4) is 5.75 Å². The number of benzene rings is 1. The second-order valence-corrected chi connectivity index (χ2v) is 7.19. The summed E-state index contributed by atoms with van der Waals surface area (Å²) >= 11 is 6.02. The van der Waals surface area contributed by atoms with Crippen LogP contribution in [-0.4, -0.2) is 32.9 Å². The molecule has 0 saturated heterocycles. The van der Waals surface area contributed by atoms with Crippen LogP contribution in [0.2, 0.25) is 5.02 Å². The molecule has 0 aliphatic rings. The van der Waals surface area contributed by atoms with Crippen LogP contribution >= 0.6 is 11.6 Å². The zero-order valence-corrected chi connectivity index (χ0v) is 14.5. The summed E-state index contributed by atoms with van der Waals surface area (Å²) < 4.78 is 32.3. The van der Waals surface area contributed by atoms with Crippen molar-refractivity contribution in [1.82, 2.24) is 4.31 Å². The van der Waals surface area contributed by atoms with Crippen LogP contribution < -0.4 is 10.5 Å². The van der Waals surface area contributed by atoms with Crippen LogP contribution in [0.25, 0.3) is 0 Å². The number of methoxy groups -OCH3 is 1. The first-order chi connectivity index (χ1) is 9.83. The minimum Gasteiger partial charge on any atom is -0.495 e. The smallest absolute Gasteiger partial charge is 0.246 e. The maximum Gasteiger partial charge on any atom is 0.246 e. The fraction of sp³-hybridized carbons (Fsp3) is 0.571. The molecule has 0 heterocycles. The lowest BCUT2D eigenvalue weighted by atomic mass is 10.2. The molecular formula is C14H23ClN2O3S. The van der Waals surface area contributed by atoms with Crippen LogP contribution in [-0.2, 0) is 16.6 Å². The third kappa shape index (κ3) is 3.69. The molecule has 0 spiro atoms. The molecule has 5 nitrogen and oxygen atoms in total. The molecular weight excluding hydrogens is 312 g/mol. The van der Waals surface area contributed by atoms with E-state index in [0.717, 1.165) is 12.8 Å². The molecule has 0 aliphatic heterocycles. The fourth-order valence-electron chi connectivity index (χ4n) is 2.35. The van der Waals surface area contributed by atoms with Crippen LogP contribution in [0.1, 0.15) is 32.3 Å². The predicted molar refractivity (Wildman–Crippen MR) is 85.2 cm³/mol. The summed E-state index contributed by atoms with van der Waals surface area (Å²) in [6.07, 6.45) is 1.47. The van der Waals surface area contributed by atoms with Gasteiger partial charge in [-0.2, -0.15) is 4.31 Å². The van der Waals surface area contributed by atoms with E-state index in [1.807, 2.05) is 13.8 Å². The topological polar surface area (TPSA) is 72.6 Å². The van der Waals surface area contributed by atoms with Crippen molar-refractivity contribution in [3.05, 3.63) is 22.7 Å². The summed E-state index contributed by atoms with van der Waals surface area (Å²) in [6, 6.07) is 2.96. The Morgan fingerprint density at radius 2 is 1.90 bits per heavy atom. The SMILES string of the molecule is CCC(CC)N(C)S(=O)(=O)c1cc(Cl)cc(CN)c1OC. The first kappa shape index (κ1) is 18.2. The van der Waals surface area contributed by atoms with Crippen molar-refractivity contribution in [2.75, 3.05) is 14.2 Å². The Balaban J connectivity index is 3.47. The lowest BCUT2D eigenvalue weighted by Gasteiger charge is -2.26. The molecule has 120 valence electrons. The standard InChI is InChI=1S/C14H23ClN2O3S/c1-5-12(6-2)17(3)21(18,19)13-8-11(15)7-10(9-16)14(13)20-4/h7-8,12H,5-6,9,16H2,1-4H3. The molecule has 1 aromatic rings. The van der Waals surface area contributed by atoms with E-state index in [4.69, 9.17) is 22.1 Å². The Bertz CT molecular complexity index is 586. The molecule has 0 aliphatic carbocycles. The molecule has 0 amide bonds. The molecule has 1 rings (SSSR count).